The molecule has 1 aromatic rings. The van der Waals surface area contributed by atoms with E-state index >= 15 is 0 Å². The van der Waals surface area contributed by atoms with Gasteiger partial charge in [0.05, 0.1) is 8.07 Å². The SMILES string of the molecule is C[Si](C)(C)c1ccc(Br)nc1Cl. The molecule has 0 atom stereocenters. The molecular formula is C8H11BrClNSi. The minimum Gasteiger partial charge on any atom is -0.229 e. The van der Waals surface area contributed by atoms with Crippen molar-refractivity contribution in [1.82, 2.24) is 4.98 Å². The summed E-state index contributed by atoms with van der Waals surface area (Å²) in [6, 6.07) is 4.01. The first-order chi connectivity index (χ1) is 5.41. The molecule has 0 fully saturated rings. The number of rotatable bonds is 1. The summed E-state index contributed by atoms with van der Waals surface area (Å²) in [5.74, 6) is 0. The van der Waals surface area contributed by atoms with Crippen LogP contribution in [0.4, 0.5) is 0 Å². The molecule has 0 saturated heterocycles. The Hall–Kier alpha value is 0.137. The van der Waals surface area contributed by atoms with Crippen molar-refractivity contribution in [3.8, 4) is 0 Å². The normalized spacial score (nSPS) is 11.8. The van der Waals surface area contributed by atoms with E-state index in [-0.39, 0.29) is 0 Å². The van der Waals surface area contributed by atoms with Gasteiger partial charge in [-0.2, -0.15) is 0 Å². The molecule has 0 aliphatic heterocycles. The average Bonchev–Trinajstić information content (AvgIpc) is 1.83. The van der Waals surface area contributed by atoms with Crippen molar-refractivity contribution in [1.29, 1.82) is 0 Å². The van der Waals surface area contributed by atoms with Gasteiger partial charge in [-0.05, 0) is 27.2 Å². The largest absolute Gasteiger partial charge is 0.229 e. The molecular weight excluding hydrogens is 254 g/mol. The Morgan fingerprint density at radius 2 is 1.92 bits per heavy atom. The lowest BCUT2D eigenvalue weighted by Gasteiger charge is -2.17. The van der Waals surface area contributed by atoms with Crippen LogP contribution in [0.5, 0.6) is 0 Å². The number of aromatic nitrogens is 1. The Kier molecular flexibility index (Phi) is 2.96. The van der Waals surface area contributed by atoms with Crippen LogP contribution in [-0.4, -0.2) is 13.1 Å². The molecule has 0 unspecified atom stereocenters. The molecule has 1 rings (SSSR count). The van der Waals surface area contributed by atoms with Crippen LogP contribution in [-0.2, 0) is 0 Å². The summed E-state index contributed by atoms with van der Waals surface area (Å²) in [7, 11) is -1.32. The van der Waals surface area contributed by atoms with Crippen molar-refractivity contribution in [2.45, 2.75) is 19.6 Å². The van der Waals surface area contributed by atoms with Crippen LogP contribution in [0.3, 0.4) is 0 Å². The highest BCUT2D eigenvalue weighted by atomic mass is 79.9. The van der Waals surface area contributed by atoms with Gasteiger partial charge in [-0.25, -0.2) is 4.98 Å². The average molecular weight is 265 g/mol. The van der Waals surface area contributed by atoms with Crippen molar-refractivity contribution in [2.75, 3.05) is 0 Å². The monoisotopic (exact) mass is 263 g/mol. The summed E-state index contributed by atoms with van der Waals surface area (Å²) in [6.07, 6.45) is 0. The van der Waals surface area contributed by atoms with Crippen molar-refractivity contribution in [3.05, 3.63) is 21.9 Å². The molecule has 0 spiro atoms. The van der Waals surface area contributed by atoms with Crippen LogP contribution in [0.1, 0.15) is 0 Å². The fourth-order valence-corrected chi connectivity index (χ4v) is 3.65. The highest BCUT2D eigenvalue weighted by Crippen LogP contribution is 2.13. The number of hydrogen-bond acceptors (Lipinski definition) is 1. The van der Waals surface area contributed by atoms with E-state index in [1.165, 1.54) is 5.19 Å². The highest BCUT2D eigenvalue weighted by Gasteiger charge is 2.20. The Morgan fingerprint density at radius 3 is 2.33 bits per heavy atom. The molecule has 0 aliphatic rings. The van der Waals surface area contributed by atoms with Gasteiger partial charge >= 0.3 is 0 Å². The first-order valence-electron chi connectivity index (χ1n) is 3.74. The van der Waals surface area contributed by atoms with Crippen molar-refractivity contribution in [3.63, 3.8) is 0 Å². The summed E-state index contributed by atoms with van der Waals surface area (Å²) < 4.78 is 0.800. The Labute approximate surface area is 87.3 Å². The van der Waals surface area contributed by atoms with Crippen molar-refractivity contribution in [2.24, 2.45) is 0 Å². The third kappa shape index (κ3) is 2.31. The van der Waals surface area contributed by atoms with Crippen LogP contribution in [0.25, 0.3) is 0 Å². The fourth-order valence-electron chi connectivity index (χ4n) is 0.972. The molecule has 0 radical (unpaired) electrons. The molecule has 12 heavy (non-hydrogen) atoms. The molecule has 1 nitrogen and oxygen atoms in total. The minimum absolute atomic E-state index is 0.642. The maximum absolute atomic E-state index is 6.01. The van der Waals surface area contributed by atoms with Gasteiger partial charge < -0.3 is 0 Å². The van der Waals surface area contributed by atoms with E-state index in [1.807, 2.05) is 6.07 Å². The smallest absolute Gasteiger partial charge is 0.129 e. The lowest BCUT2D eigenvalue weighted by atomic mass is 10.5. The summed E-state index contributed by atoms with van der Waals surface area (Å²) in [5, 5.41) is 1.86. The van der Waals surface area contributed by atoms with Crippen LogP contribution in [0.2, 0.25) is 24.8 Å². The number of hydrogen-bond donors (Lipinski definition) is 0. The minimum atomic E-state index is -1.32. The van der Waals surface area contributed by atoms with E-state index in [2.05, 4.69) is 46.6 Å². The maximum atomic E-state index is 6.01. The van der Waals surface area contributed by atoms with Crippen LogP contribution >= 0.6 is 27.5 Å². The van der Waals surface area contributed by atoms with Gasteiger partial charge in [0.2, 0.25) is 0 Å². The molecule has 66 valence electrons. The summed E-state index contributed by atoms with van der Waals surface area (Å²) in [4.78, 5) is 4.16. The summed E-state index contributed by atoms with van der Waals surface area (Å²) >= 11 is 9.29. The van der Waals surface area contributed by atoms with Gasteiger partial charge in [0.1, 0.15) is 9.76 Å². The maximum Gasteiger partial charge on any atom is 0.129 e. The molecule has 0 N–H and O–H groups in total. The molecule has 0 aliphatic carbocycles. The number of nitrogens with zero attached hydrogens (tertiary/aromatic N) is 1. The van der Waals surface area contributed by atoms with Crippen LogP contribution in [0, 0.1) is 0 Å². The second-order valence-electron chi connectivity index (χ2n) is 3.72. The Morgan fingerprint density at radius 1 is 1.33 bits per heavy atom. The quantitative estimate of drug-likeness (QED) is 0.561. The zero-order valence-corrected chi connectivity index (χ0v) is 10.7. The Balaban J connectivity index is 3.19. The Bertz CT molecular complexity index is 296. The predicted molar refractivity (Wildman–Crippen MR) is 59.9 cm³/mol. The lowest BCUT2D eigenvalue weighted by Crippen LogP contribution is -2.38. The number of halogens is 2. The molecule has 0 amide bonds. The molecule has 4 heteroatoms. The van der Waals surface area contributed by atoms with Gasteiger partial charge in [-0.3, -0.25) is 0 Å². The van der Waals surface area contributed by atoms with Gasteiger partial charge in [0.15, 0.2) is 0 Å². The van der Waals surface area contributed by atoms with E-state index in [4.69, 9.17) is 11.6 Å². The molecule has 1 heterocycles. The zero-order chi connectivity index (χ0) is 9.35. The highest BCUT2D eigenvalue weighted by molar-refractivity contribution is 9.10. The van der Waals surface area contributed by atoms with Crippen molar-refractivity contribution >= 4 is 40.8 Å². The van der Waals surface area contributed by atoms with Crippen LogP contribution in [0.15, 0.2) is 16.7 Å². The van der Waals surface area contributed by atoms with E-state index in [9.17, 15) is 0 Å². The second kappa shape index (κ2) is 3.48. The van der Waals surface area contributed by atoms with E-state index in [0.29, 0.717) is 5.15 Å². The molecule has 0 saturated carbocycles. The zero-order valence-electron chi connectivity index (χ0n) is 7.36. The van der Waals surface area contributed by atoms with E-state index in [0.717, 1.165) is 4.60 Å². The number of pyridine rings is 1. The van der Waals surface area contributed by atoms with Gasteiger partial charge in [-0.1, -0.05) is 37.3 Å². The fraction of sp³-hybridized carbons (Fsp3) is 0.375. The van der Waals surface area contributed by atoms with E-state index in [1.54, 1.807) is 0 Å². The molecule has 1 aromatic heterocycles. The lowest BCUT2D eigenvalue weighted by molar-refractivity contribution is 1.29. The predicted octanol–water partition coefficient (Wildman–Crippen LogP) is 3.04. The van der Waals surface area contributed by atoms with Crippen LogP contribution < -0.4 is 5.19 Å². The van der Waals surface area contributed by atoms with Crippen molar-refractivity contribution < 1.29 is 0 Å². The summed E-state index contributed by atoms with van der Waals surface area (Å²) in [6.45, 7) is 6.76. The first kappa shape index (κ1) is 10.2. The first-order valence-corrected chi connectivity index (χ1v) is 8.41. The van der Waals surface area contributed by atoms with Gasteiger partial charge in [0.25, 0.3) is 0 Å². The summed E-state index contributed by atoms with van der Waals surface area (Å²) in [5.41, 5.74) is 0. The van der Waals surface area contributed by atoms with E-state index < -0.39 is 8.07 Å². The third-order valence-electron chi connectivity index (χ3n) is 1.62. The van der Waals surface area contributed by atoms with Gasteiger partial charge in [0, 0.05) is 0 Å². The molecule has 0 aromatic carbocycles. The standard InChI is InChI=1S/C8H11BrClNSi/c1-12(2,3)6-4-5-7(9)11-8(6)10/h4-5H,1-3H3. The molecule has 0 bridgehead atoms. The topological polar surface area (TPSA) is 12.9 Å². The third-order valence-corrected chi connectivity index (χ3v) is 4.53. The second-order valence-corrected chi connectivity index (χ2v) is 9.93. The van der Waals surface area contributed by atoms with Gasteiger partial charge in [-0.15, -0.1) is 0 Å².